The fourth-order valence-electron chi connectivity index (χ4n) is 3.83. The molecule has 0 aromatic heterocycles. The summed E-state index contributed by atoms with van der Waals surface area (Å²) in [6, 6.07) is 32.5. The van der Waals surface area contributed by atoms with E-state index >= 15 is 0 Å². The first-order valence-electron chi connectivity index (χ1n) is 11.5. The molecule has 0 aliphatic rings. The summed E-state index contributed by atoms with van der Waals surface area (Å²) in [6.45, 7) is 0.335. The van der Waals surface area contributed by atoms with Crippen LogP contribution in [-0.4, -0.2) is 21.5 Å². The Balaban J connectivity index is 1.74. The van der Waals surface area contributed by atoms with Crippen molar-refractivity contribution in [1.29, 1.82) is 0 Å². The highest BCUT2D eigenvalue weighted by Gasteiger charge is 2.23. The van der Waals surface area contributed by atoms with Gasteiger partial charge in [0.15, 0.2) is 0 Å². The van der Waals surface area contributed by atoms with Gasteiger partial charge in [0.05, 0.1) is 36.0 Å². The molecule has 0 heterocycles. The Hall–Kier alpha value is -3.94. The predicted octanol–water partition coefficient (Wildman–Crippen LogP) is 5.77. The second kappa shape index (κ2) is 11.7. The Morgan fingerprint density at radius 2 is 1.39 bits per heavy atom. The van der Waals surface area contributed by atoms with Crippen molar-refractivity contribution in [2.45, 2.75) is 24.0 Å². The molecule has 0 saturated carbocycles. The minimum absolute atomic E-state index is 0.115. The number of hydrogen-bond donors (Lipinski definition) is 1. The molecule has 0 fully saturated rings. The molecule has 1 N–H and O–H groups in total. The highest BCUT2D eigenvalue weighted by Crippen LogP contribution is 2.32. The van der Waals surface area contributed by atoms with Gasteiger partial charge in [-0.25, -0.2) is 13.2 Å². The van der Waals surface area contributed by atoms with Crippen LogP contribution in [-0.2, 0) is 32.5 Å². The molecule has 36 heavy (non-hydrogen) atoms. The quantitative estimate of drug-likeness (QED) is 0.279. The van der Waals surface area contributed by atoms with Crippen molar-refractivity contribution < 1.29 is 22.7 Å². The highest BCUT2D eigenvalue weighted by atomic mass is 32.2. The minimum Gasteiger partial charge on any atom is -0.465 e. The fourth-order valence-corrected chi connectivity index (χ4v) is 4.93. The van der Waals surface area contributed by atoms with Crippen LogP contribution in [0, 0.1) is 0 Å². The van der Waals surface area contributed by atoms with E-state index in [0.717, 1.165) is 11.1 Å². The van der Waals surface area contributed by atoms with Crippen LogP contribution >= 0.6 is 0 Å². The first-order chi connectivity index (χ1) is 17.5. The zero-order chi connectivity index (χ0) is 25.4. The number of carbonyl (C=O) groups excluding carboxylic acids is 1. The second-order valence-corrected chi connectivity index (χ2v) is 9.87. The van der Waals surface area contributed by atoms with Gasteiger partial charge in [-0.2, -0.15) is 0 Å². The van der Waals surface area contributed by atoms with Crippen LogP contribution in [0.3, 0.4) is 0 Å². The molecule has 0 aliphatic carbocycles. The van der Waals surface area contributed by atoms with Gasteiger partial charge in [0, 0.05) is 12.0 Å². The average molecular weight is 502 g/mol. The van der Waals surface area contributed by atoms with Crippen molar-refractivity contribution in [2.75, 3.05) is 11.8 Å². The molecule has 4 aromatic carbocycles. The summed E-state index contributed by atoms with van der Waals surface area (Å²) in [5.74, 6) is -0.563. The first-order valence-corrected chi connectivity index (χ1v) is 12.9. The molecule has 0 bridgehead atoms. The van der Waals surface area contributed by atoms with Crippen molar-refractivity contribution in [3.05, 3.63) is 131 Å². The fraction of sp³-hybridized carbons (Fsp3) is 0.138. The van der Waals surface area contributed by atoms with Crippen molar-refractivity contribution in [3.63, 3.8) is 0 Å². The molecule has 1 unspecified atom stereocenters. The predicted molar refractivity (Wildman–Crippen MR) is 139 cm³/mol. The van der Waals surface area contributed by atoms with Crippen LogP contribution in [0.15, 0.2) is 114 Å². The normalized spacial score (nSPS) is 12.0. The second-order valence-electron chi connectivity index (χ2n) is 8.19. The summed E-state index contributed by atoms with van der Waals surface area (Å²) < 4.78 is 40.3. The lowest BCUT2D eigenvalue weighted by Gasteiger charge is -2.23. The summed E-state index contributed by atoms with van der Waals surface area (Å²) in [7, 11) is -2.63. The third kappa shape index (κ3) is 6.38. The van der Waals surface area contributed by atoms with Gasteiger partial charge in [-0.05, 0) is 35.4 Å². The molecule has 0 saturated heterocycles. The van der Waals surface area contributed by atoms with Gasteiger partial charge in [-0.1, -0.05) is 84.9 Å². The van der Waals surface area contributed by atoms with E-state index in [0.29, 0.717) is 18.6 Å². The molecule has 0 radical (unpaired) electrons. The SMILES string of the molecule is COC(=O)c1ccc(C(Cc2ccccc2)OCc2ccccc2)c(NS(=O)(=O)c2ccccc2)c1. The number of esters is 1. The van der Waals surface area contributed by atoms with Crippen LogP contribution in [0.4, 0.5) is 5.69 Å². The molecule has 1 atom stereocenters. The molecule has 4 aromatic rings. The number of nitrogens with one attached hydrogen (secondary N) is 1. The van der Waals surface area contributed by atoms with E-state index in [9.17, 15) is 13.2 Å². The van der Waals surface area contributed by atoms with E-state index in [1.807, 2.05) is 60.7 Å². The topological polar surface area (TPSA) is 81.7 Å². The van der Waals surface area contributed by atoms with Gasteiger partial charge in [-0.3, -0.25) is 4.72 Å². The smallest absolute Gasteiger partial charge is 0.337 e. The Bertz CT molecular complexity index is 1390. The van der Waals surface area contributed by atoms with Crippen LogP contribution in [0.2, 0.25) is 0 Å². The molecule has 6 nitrogen and oxygen atoms in total. The number of ether oxygens (including phenoxy) is 2. The maximum Gasteiger partial charge on any atom is 0.337 e. The molecular formula is C29H27NO5S. The van der Waals surface area contributed by atoms with Gasteiger partial charge in [0.2, 0.25) is 0 Å². The van der Waals surface area contributed by atoms with Gasteiger partial charge < -0.3 is 9.47 Å². The Morgan fingerprint density at radius 1 is 0.806 bits per heavy atom. The number of sulfonamides is 1. The van der Waals surface area contributed by atoms with Crippen LogP contribution < -0.4 is 4.72 Å². The van der Waals surface area contributed by atoms with Crippen molar-refractivity contribution in [3.8, 4) is 0 Å². The lowest BCUT2D eigenvalue weighted by Crippen LogP contribution is -2.18. The average Bonchev–Trinajstić information content (AvgIpc) is 2.92. The molecule has 184 valence electrons. The van der Waals surface area contributed by atoms with E-state index in [1.165, 1.54) is 25.3 Å². The van der Waals surface area contributed by atoms with Crippen molar-refractivity contribution >= 4 is 21.7 Å². The minimum atomic E-state index is -3.92. The summed E-state index contributed by atoms with van der Waals surface area (Å²) >= 11 is 0. The first kappa shape index (κ1) is 25.2. The van der Waals surface area contributed by atoms with E-state index in [1.54, 1.807) is 30.3 Å². The molecule has 0 aliphatic heterocycles. The van der Waals surface area contributed by atoms with E-state index < -0.39 is 22.1 Å². The molecule has 4 rings (SSSR count). The third-order valence-corrected chi connectivity index (χ3v) is 7.06. The molecule has 0 spiro atoms. The van der Waals surface area contributed by atoms with Crippen molar-refractivity contribution in [1.82, 2.24) is 0 Å². The van der Waals surface area contributed by atoms with Crippen LogP contribution in [0.1, 0.15) is 33.2 Å². The van der Waals surface area contributed by atoms with Crippen LogP contribution in [0.25, 0.3) is 0 Å². The van der Waals surface area contributed by atoms with E-state index in [-0.39, 0.29) is 16.1 Å². The monoisotopic (exact) mass is 501 g/mol. The summed E-state index contributed by atoms with van der Waals surface area (Å²) in [4.78, 5) is 12.4. The number of hydrogen-bond acceptors (Lipinski definition) is 5. The van der Waals surface area contributed by atoms with Crippen molar-refractivity contribution in [2.24, 2.45) is 0 Å². The number of rotatable bonds is 10. The number of anilines is 1. The standard InChI is InChI=1S/C29H27NO5S/c1-34-29(31)24-17-18-26(27(20-24)30-36(32,33)25-15-9-4-10-16-25)28(19-22-11-5-2-6-12-22)35-21-23-13-7-3-8-14-23/h2-18,20,28,30H,19,21H2,1H3. The zero-order valence-electron chi connectivity index (χ0n) is 19.8. The lowest BCUT2D eigenvalue weighted by molar-refractivity contribution is 0.0403. The van der Waals surface area contributed by atoms with Gasteiger partial charge >= 0.3 is 5.97 Å². The lowest BCUT2D eigenvalue weighted by atomic mass is 9.98. The number of methoxy groups -OCH3 is 1. The Morgan fingerprint density at radius 3 is 2.00 bits per heavy atom. The summed E-state index contributed by atoms with van der Waals surface area (Å²) in [5.41, 5.74) is 3.13. The number of benzene rings is 4. The third-order valence-electron chi connectivity index (χ3n) is 5.68. The van der Waals surface area contributed by atoms with E-state index in [4.69, 9.17) is 9.47 Å². The van der Waals surface area contributed by atoms with E-state index in [2.05, 4.69) is 4.72 Å². The zero-order valence-corrected chi connectivity index (χ0v) is 20.6. The largest absolute Gasteiger partial charge is 0.465 e. The number of carbonyl (C=O) groups is 1. The maximum atomic E-state index is 13.2. The Kier molecular flexibility index (Phi) is 8.15. The van der Waals surface area contributed by atoms with Gasteiger partial charge in [0.25, 0.3) is 10.0 Å². The van der Waals surface area contributed by atoms with Gasteiger partial charge in [-0.15, -0.1) is 0 Å². The molecule has 7 heteroatoms. The maximum absolute atomic E-state index is 13.2. The molecule has 0 amide bonds. The summed E-state index contributed by atoms with van der Waals surface area (Å²) in [6.07, 6.45) is 0.0125. The highest BCUT2D eigenvalue weighted by molar-refractivity contribution is 7.92. The Labute approximate surface area is 211 Å². The molecular weight excluding hydrogens is 474 g/mol. The summed E-state index contributed by atoms with van der Waals surface area (Å²) in [5, 5.41) is 0. The van der Waals surface area contributed by atoms with Crippen LogP contribution in [0.5, 0.6) is 0 Å². The van der Waals surface area contributed by atoms with Gasteiger partial charge in [0.1, 0.15) is 0 Å².